The zero-order valence-corrected chi connectivity index (χ0v) is 36.9. The van der Waals surface area contributed by atoms with E-state index < -0.39 is 69.9 Å². The summed E-state index contributed by atoms with van der Waals surface area (Å²) < 4.78 is 32.4. The summed E-state index contributed by atoms with van der Waals surface area (Å²) in [7, 11) is -4.82. The number of rotatable bonds is 38. The summed E-state index contributed by atoms with van der Waals surface area (Å²) in [6.07, 6.45) is 42.2. The Kier molecular flexibility index (Phi) is 37.0. The van der Waals surface area contributed by atoms with Crippen LogP contribution >= 0.6 is 7.82 Å². The summed E-state index contributed by atoms with van der Waals surface area (Å²) in [6, 6.07) is -1.58. The third kappa shape index (κ3) is 37.3. The largest absolute Gasteiger partial charge is 0.480 e. The van der Waals surface area contributed by atoms with Crippen LogP contribution in [0.4, 0.5) is 0 Å². The fourth-order valence-electron chi connectivity index (χ4n) is 5.02. The van der Waals surface area contributed by atoms with Crippen molar-refractivity contribution in [1.82, 2.24) is 0 Å². The van der Waals surface area contributed by atoms with Gasteiger partial charge in [0.15, 0.2) is 6.10 Å². The number of ether oxygens (including phenoxy) is 2. The number of nitrogens with two attached hydrogens (primary N) is 1. The summed E-state index contributed by atoms with van der Waals surface area (Å²) in [5, 5.41) is 29.6. The van der Waals surface area contributed by atoms with Gasteiger partial charge in [-0.15, -0.1) is 0 Å². The minimum absolute atomic E-state index is 0.0787. The molecule has 0 amide bonds. The molecule has 0 radical (unpaired) electrons. The lowest BCUT2D eigenvalue weighted by molar-refractivity contribution is -0.161. The Balaban J connectivity index is 4.74. The Labute approximate surface area is 359 Å². The lowest BCUT2D eigenvalue weighted by Gasteiger charge is -2.20. The second kappa shape index (κ2) is 39.5. The highest BCUT2D eigenvalue weighted by Crippen LogP contribution is 2.43. The van der Waals surface area contributed by atoms with Gasteiger partial charge in [-0.05, 0) is 89.9 Å². The molecule has 13 nitrogen and oxygen atoms in total. The number of carbonyl (C=O) groups excluding carboxylic acids is 2. The molecule has 0 aromatic rings. The van der Waals surface area contributed by atoms with Crippen LogP contribution in [0.1, 0.15) is 129 Å². The normalized spacial score (nSPS) is 15.7. The summed E-state index contributed by atoms with van der Waals surface area (Å²) >= 11 is 0. The average Bonchev–Trinajstić information content (AvgIpc) is 3.22. The number of aliphatic carboxylic acids is 1. The predicted octanol–water partition coefficient (Wildman–Crippen LogP) is 9.22. The quantitative estimate of drug-likeness (QED) is 0.0170. The van der Waals surface area contributed by atoms with Crippen LogP contribution in [-0.2, 0) is 37.5 Å². The molecule has 0 heterocycles. The van der Waals surface area contributed by atoms with Crippen molar-refractivity contribution in [2.24, 2.45) is 5.73 Å². The van der Waals surface area contributed by atoms with Gasteiger partial charge in [0.25, 0.3) is 0 Å². The first kappa shape index (κ1) is 56.3. The number of hydrogen-bond acceptors (Lipinski definition) is 11. The molecule has 0 aliphatic heterocycles. The van der Waals surface area contributed by atoms with E-state index in [9.17, 15) is 34.1 Å². The number of carbonyl (C=O) groups is 3. The fourth-order valence-corrected chi connectivity index (χ4v) is 5.80. The number of hydrogen-bond donors (Lipinski definition) is 5. The molecule has 5 atom stereocenters. The van der Waals surface area contributed by atoms with E-state index in [-0.39, 0.29) is 32.1 Å². The highest BCUT2D eigenvalue weighted by atomic mass is 31.2. The minimum Gasteiger partial charge on any atom is -0.480 e. The first-order chi connectivity index (χ1) is 28.9. The van der Waals surface area contributed by atoms with Crippen LogP contribution in [0, 0.1) is 0 Å². The lowest BCUT2D eigenvalue weighted by atomic mass is 10.0. The van der Waals surface area contributed by atoms with Crippen molar-refractivity contribution in [3.63, 3.8) is 0 Å². The van der Waals surface area contributed by atoms with Crippen LogP contribution in [0.2, 0.25) is 0 Å². The molecule has 0 aliphatic carbocycles. The molecule has 0 rings (SSSR count). The van der Waals surface area contributed by atoms with E-state index in [4.69, 9.17) is 24.8 Å². The van der Waals surface area contributed by atoms with E-state index in [1.54, 1.807) is 6.08 Å². The van der Waals surface area contributed by atoms with Gasteiger partial charge >= 0.3 is 25.7 Å². The second-order valence-electron chi connectivity index (χ2n) is 14.0. The molecule has 0 fully saturated rings. The van der Waals surface area contributed by atoms with Gasteiger partial charge in [0.1, 0.15) is 12.6 Å². The molecule has 0 bridgehead atoms. The van der Waals surface area contributed by atoms with E-state index in [0.717, 1.165) is 44.9 Å². The number of carboxylic acids is 1. The molecule has 60 heavy (non-hydrogen) atoms. The monoisotopic (exact) mass is 863 g/mol. The van der Waals surface area contributed by atoms with Crippen molar-refractivity contribution in [1.29, 1.82) is 0 Å². The Morgan fingerprint density at radius 1 is 0.600 bits per heavy atom. The molecule has 14 heteroatoms. The van der Waals surface area contributed by atoms with Crippen LogP contribution in [0.15, 0.2) is 97.2 Å². The van der Waals surface area contributed by atoms with E-state index >= 15 is 0 Å². The molecule has 0 saturated heterocycles. The summed E-state index contributed by atoms with van der Waals surface area (Å²) in [5.74, 6) is -2.79. The molecule has 340 valence electrons. The van der Waals surface area contributed by atoms with Crippen molar-refractivity contribution in [2.75, 3.05) is 19.8 Å². The van der Waals surface area contributed by atoms with Gasteiger partial charge in [0, 0.05) is 12.8 Å². The van der Waals surface area contributed by atoms with Crippen LogP contribution in [0.25, 0.3) is 0 Å². The number of phosphoric acid groups is 1. The molecule has 0 aliphatic rings. The fraction of sp³-hybridized carbons (Fsp3) is 0.587. The van der Waals surface area contributed by atoms with Crippen LogP contribution in [0.3, 0.4) is 0 Å². The molecule has 0 aromatic heterocycles. The van der Waals surface area contributed by atoms with E-state index in [2.05, 4.69) is 85.2 Å². The number of esters is 2. The Hall–Kier alpha value is -3.68. The molecule has 0 spiro atoms. The van der Waals surface area contributed by atoms with Crippen molar-refractivity contribution in [2.45, 2.75) is 154 Å². The van der Waals surface area contributed by atoms with E-state index in [1.165, 1.54) is 19.3 Å². The van der Waals surface area contributed by atoms with Crippen LogP contribution in [0.5, 0.6) is 0 Å². The van der Waals surface area contributed by atoms with Gasteiger partial charge < -0.3 is 35.4 Å². The topological polar surface area (TPSA) is 212 Å². The molecular weight excluding hydrogens is 789 g/mol. The molecule has 6 N–H and O–H groups in total. The highest BCUT2D eigenvalue weighted by molar-refractivity contribution is 7.47. The first-order valence-electron chi connectivity index (χ1n) is 21.4. The van der Waals surface area contributed by atoms with Crippen molar-refractivity contribution >= 4 is 25.7 Å². The zero-order chi connectivity index (χ0) is 44.5. The maximum absolute atomic E-state index is 12.7. The van der Waals surface area contributed by atoms with Gasteiger partial charge in [-0.2, -0.15) is 0 Å². The van der Waals surface area contributed by atoms with Crippen LogP contribution < -0.4 is 5.73 Å². The van der Waals surface area contributed by atoms with Crippen molar-refractivity contribution in [3.8, 4) is 0 Å². The van der Waals surface area contributed by atoms with Gasteiger partial charge in [-0.1, -0.05) is 124 Å². The van der Waals surface area contributed by atoms with Crippen molar-refractivity contribution in [3.05, 3.63) is 97.2 Å². The first-order valence-corrected chi connectivity index (χ1v) is 22.9. The van der Waals surface area contributed by atoms with E-state index in [0.29, 0.717) is 19.3 Å². The highest BCUT2D eigenvalue weighted by Gasteiger charge is 2.28. The van der Waals surface area contributed by atoms with Gasteiger partial charge in [0.05, 0.1) is 25.4 Å². The number of phosphoric ester groups is 1. The number of unbranched alkanes of at least 4 members (excludes halogenated alkanes) is 4. The Morgan fingerprint density at radius 2 is 1.08 bits per heavy atom. The van der Waals surface area contributed by atoms with Crippen LogP contribution in [-0.4, -0.2) is 82.3 Å². The molecule has 0 saturated carbocycles. The smallest absolute Gasteiger partial charge is 0.472 e. The Bertz CT molecular complexity index is 1420. The standard InChI is InChI=1S/C46H74NO12P/c1-3-5-7-9-11-13-15-17-18-19-20-21-23-25-27-29-31-35-44(50)56-37-40(38-57-60(54,55)58-39-41(47)46(52)53)59-45(51)36-32-34-43(49)42(48)33-30-28-26-24-22-16-14-12-10-8-6-4-2/h6,8,11-14,17-18,20-22,24-25,27-28,30,40-43,48-49H,3-5,7,9-10,15-16,19,23,26,29,31-39,47H2,1-2H3,(H,52,53)(H,54,55)/b8-6-,13-11-,14-12-,18-17-,21-20-,24-22-,27-25-,30-28-/t40-,41+,42-,43-/m1/s1. The van der Waals surface area contributed by atoms with Gasteiger partial charge in [-0.25, -0.2) is 4.57 Å². The minimum atomic E-state index is -4.82. The summed E-state index contributed by atoms with van der Waals surface area (Å²) in [4.78, 5) is 46.0. The number of allylic oxidation sites excluding steroid dienone is 15. The number of aliphatic hydroxyl groups excluding tert-OH is 2. The third-order valence-electron chi connectivity index (χ3n) is 8.52. The second-order valence-corrected chi connectivity index (χ2v) is 15.5. The van der Waals surface area contributed by atoms with Gasteiger partial charge in [-0.3, -0.25) is 23.4 Å². The number of aliphatic hydroxyl groups is 2. The van der Waals surface area contributed by atoms with E-state index in [1.807, 2.05) is 24.3 Å². The van der Waals surface area contributed by atoms with Crippen molar-refractivity contribution < 1.29 is 57.7 Å². The van der Waals surface area contributed by atoms with Gasteiger partial charge in [0.2, 0.25) is 0 Å². The maximum Gasteiger partial charge on any atom is 0.472 e. The maximum atomic E-state index is 12.7. The summed E-state index contributed by atoms with van der Waals surface area (Å²) in [5.41, 5.74) is 5.31. The SMILES string of the molecule is CC/C=C\C/C=C\C/C=C\C/C=C\C[C@@H](O)[C@H](O)CCCC(=O)O[C@H](COC(=O)CCC/C=C\C/C=C\C/C=C\C/C=C\CCCCC)COP(=O)(O)OC[C@H](N)C(=O)O. The Morgan fingerprint density at radius 3 is 1.62 bits per heavy atom. The predicted molar refractivity (Wildman–Crippen MR) is 238 cm³/mol. The molecular formula is C46H74NO12P. The zero-order valence-electron chi connectivity index (χ0n) is 36.0. The molecule has 1 unspecified atom stereocenters. The third-order valence-corrected chi connectivity index (χ3v) is 9.47. The molecule has 0 aromatic carbocycles. The lowest BCUT2D eigenvalue weighted by Crippen LogP contribution is -2.34. The summed E-state index contributed by atoms with van der Waals surface area (Å²) in [6.45, 7) is 2.28. The average molecular weight is 864 g/mol. The number of carboxylic acid groups (broad SMARTS) is 1.